The molecule has 5 nitrogen and oxygen atoms in total. The fourth-order valence-electron chi connectivity index (χ4n) is 3.63. The Hall–Kier alpha value is -2.66. The van der Waals surface area contributed by atoms with Crippen molar-refractivity contribution < 1.29 is 9.59 Å². The number of likely N-dealkylation sites (tertiary alicyclic amines) is 1. The summed E-state index contributed by atoms with van der Waals surface area (Å²) < 4.78 is 0. The maximum Gasteiger partial charge on any atom is 0.251 e. The predicted octanol–water partition coefficient (Wildman–Crippen LogP) is 3.86. The Morgan fingerprint density at radius 3 is 2.34 bits per heavy atom. The minimum atomic E-state index is -0.00712. The molecule has 2 amide bonds. The van der Waals surface area contributed by atoms with Crippen molar-refractivity contribution in [3.05, 3.63) is 65.7 Å². The van der Waals surface area contributed by atoms with Crippen LogP contribution in [0.3, 0.4) is 0 Å². The lowest BCUT2D eigenvalue weighted by molar-refractivity contribution is -0.117. The lowest BCUT2D eigenvalue weighted by atomic mass is 10.0. The van der Waals surface area contributed by atoms with Gasteiger partial charge >= 0.3 is 0 Å². The van der Waals surface area contributed by atoms with Gasteiger partial charge in [-0.1, -0.05) is 43.7 Å². The Morgan fingerprint density at radius 2 is 1.69 bits per heavy atom. The zero-order chi connectivity index (χ0) is 20.5. The molecule has 154 valence electrons. The van der Waals surface area contributed by atoms with Crippen molar-refractivity contribution >= 4 is 17.5 Å². The van der Waals surface area contributed by atoms with Crippen LogP contribution in [0.25, 0.3) is 0 Å². The number of carbonyl (C=O) groups excluding carboxylic acids is 2. The van der Waals surface area contributed by atoms with Crippen LogP contribution in [0.1, 0.15) is 48.5 Å². The molecule has 0 atom stereocenters. The predicted molar refractivity (Wildman–Crippen MR) is 117 cm³/mol. The van der Waals surface area contributed by atoms with Crippen LogP contribution in [0.15, 0.2) is 54.6 Å². The van der Waals surface area contributed by atoms with Crippen LogP contribution in [0, 0.1) is 0 Å². The number of para-hydroxylation sites is 1. The average molecular weight is 394 g/mol. The van der Waals surface area contributed by atoms with Crippen molar-refractivity contribution in [2.75, 3.05) is 25.0 Å². The van der Waals surface area contributed by atoms with Gasteiger partial charge in [0.2, 0.25) is 5.91 Å². The van der Waals surface area contributed by atoms with Crippen LogP contribution >= 0.6 is 0 Å². The van der Waals surface area contributed by atoms with Gasteiger partial charge in [0.15, 0.2) is 0 Å². The first-order valence-electron chi connectivity index (χ1n) is 10.6. The van der Waals surface area contributed by atoms with Gasteiger partial charge in [-0.2, -0.15) is 0 Å². The first-order chi connectivity index (χ1) is 14.1. The molecule has 0 bridgehead atoms. The molecule has 1 heterocycles. The number of amides is 2. The number of hydrogen-bond acceptors (Lipinski definition) is 3. The average Bonchev–Trinajstić information content (AvgIpc) is 2.74. The van der Waals surface area contributed by atoms with Crippen LogP contribution in [-0.2, 0) is 11.2 Å². The monoisotopic (exact) mass is 393 g/mol. The minimum absolute atomic E-state index is 0.00171. The zero-order valence-corrected chi connectivity index (χ0v) is 17.2. The zero-order valence-electron chi connectivity index (χ0n) is 17.2. The molecule has 0 unspecified atom stereocenters. The molecule has 2 aromatic rings. The maximum absolute atomic E-state index is 12.5. The van der Waals surface area contributed by atoms with E-state index < -0.39 is 0 Å². The van der Waals surface area contributed by atoms with E-state index in [0.29, 0.717) is 6.54 Å². The molecule has 1 aliphatic heterocycles. The second-order valence-corrected chi connectivity index (χ2v) is 7.74. The summed E-state index contributed by atoms with van der Waals surface area (Å²) >= 11 is 0. The van der Waals surface area contributed by atoms with Gasteiger partial charge in [-0.25, -0.2) is 0 Å². The number of aryl methyl sites for hydroxylation is 1. The van der Waals surface area contributed by atoms with Gasteiger partial charge in [-0.05, 0) is 55.5 Å². The summed E-state index contributed by atoms with van der Waals surface area (Å²) in [6.07, 6.45) is 5.13. The summed E-state index contributed by atoms with van der Waals surface area (Å²) in [6, 6.07) is 17.6. The highest BCUT2D eigenvalue weighted by atomic mass is 16.2. The quantitative estimate of drug-likeness (QED) is 0.716. The molecule has 0 spiro atoms. The van der Waals surface area contributed by atoms with Gasteiger partial charge in [0, 0.05) is 30.4 Å². The summed E-state index contributed by atoms with van der Waals surface area (Å²) in [5.41, 5.74) is 2.82. The van der Waals surface area contributed by atoms with Crippen molar-refractivity contribution in [3.8, 4) is 0 Å². The van der Waals surface area contributed by atoms with Crippen LogP contribution in [0.2, 0.25) is 0 Å². The summed E-state index contributed by atoms with van der Waals surface area (Å²) in [5.74, 6) is -0.00541. The lowest BCUT2D eigenvalue weighted by Gasteiger charge is -2.31. The number of unbranched alkanes of at least 4 members (excludes halogenated alkanes) is 1. The molecule has 2 aromatic carbocycles. The molecule has 1 fully saturated rings. The Kier molecular flexibility index (Phi) is 7.82. The van der Waals surface area contributed by atoms with Crippen molar-refractivity contribution in [3.63, 3.8) is 0 Å². The van der Waals surface area contributed by atoms with E-state index in [2.05, 4.69) is 34.6 Å². The normalized spacial score (nSPS) is 15.1. The summed E-state index contributed by atoms with van der Waals surface area (Å²) in [7, 11) is 0. The van der Waals surface area contributed by atoms with Crippen molar-refractivity contribution in [2.24, 2.45) is 0 Å². The third kappa shape index (κ3) is 6.71. The van der Waals surface area contributed by atoms with Crippen molar-refractivity contribution in [2.45, 2.75) is 45.1 Å². The molecular formula is C24H31N3O2. The number of carbonyl (C=O) groups is 2. The number of hydrogen-bond donors (Lipinski definition) is 2. The largest absolute Gasteiger partial charge is 0.349 e. The fourth-order valence-corrected chi connectivity index (χ4v) is 3.63. The Morgan fingerprint density at radius 1 is 1.00 bits per heavy atom. The molecule has 2 N–H and O–H groups in total. The van der Waals surface area contributed by atoms with E-state index in [1.807, 2.05) is 42.5 Å². The first-order valence-corrected chi connectivity index (χ1v) is 10.6. The van der Waals surface area contributed by atoms with E-state index in [0.717, 1.165) is 43.6 Å². The van der Waals surface area contributed by atoms with E-state index in [1.165, 1.54) is 18.4 Å². The maximum atomic E-state index is 12.5. The van der Waals surface area contributed by atoms with E-state index in [9.17, 15) is 9.59 Å². The van der Waals surface area contributed by atoms with Gasteiger partial charge in [-0.15, -0.1) is 0 Å². The Labute approximate surface area is 173 Å². The van der Waals surface area contributed by atoms with E-state index in [1.54, 1.807) is 0 Å². The second kappa shape index (κ2) is 10.8. The third-order valence-corrected chi connectivity index (χ3v) is 5.38. The third-order valence-electron chi connectivity index (χ3n) is 5.38. The second-order valence-electron chi connectivity index (χ2n) is 7.74. The molecule has 5 heteroatoms. The Balaban J connectivity index is 1.40. The molecule has 0 radical (unpaired) electrons. The molecular weight excluding hydrogens is 362 g/mol. The molecule has 29 heavy (non-hydrogen) atoms. The number of piperidine rings is 1. The number of anilines is 1. The summed E-state index contributed by atoms with van der Waals surface area (Å²) in [6.45, 7) is 4.18. The van der Waals surface area contributed by atoms with Gasteiger partial charge in [0.25, 0.3) is 5.91 Å². The van der Waals surface area contributed by atoms with Crippen LogP contribution < -0.4 is 10.6 Å². The van der Waals surface area contributed by atoms with Crippen molar-refractivity contribution in [1.82, 2.24) is 10.2 Å². The van der Waals surface area contributed by atoms with Gasteiger partial charge in [0.05, 0.1) is 6.54 Å². The topological polar surface area (TPSA) is 61.4 Å². The number of rotatable bonds is 8. The summed E-state index contributed by atoms with van der Waals surface area (Å²) in [4.78, 5) is 26.8. The minimum Gasteiger partial charge on any atom is -0.349 e. The van der Waals surface area contributed by atoms with Gasteiger partial charge in [0.1, 0.15) is 0 Å². The van der Waals surface area contributed by atoms with E-state index >= 15 is 0 Å². The first kappa shape index (κ1) is 21.1. The number of nitrogens with one attached hydrogen (secondary N) is 2. The fraction of sp³-hybridized carbons (Fsp3) is 0.417. The molecule has 1 saturated heterocycles. The molecule has 3 rings (SSSR count). The van der Waals surface area contributed by atoms with Crippen molar-refractivity contribution in [1.29, 1.82) is 0 Å². The summed E-state index contributed by atoms with van der Waals surface area (Å²) in [5, 5.41) is 6.07. The standard InChI is InChI=1S/C24H31N3O2/c1-2-3-7-19-10-12-20(13-11-19)24(29)26-22-14-16-27(17-15-22)18-23(28)25-21-8-5-4-6-9-21/h4-6,8-13,22H,2-3,7,14-18H2,1H3,(H,25,28)(H,26,29). The SMILES string of the molecule is CCCCc1ccc(C(=O)NC2CCN(CC(=O)Nc3ccccc3)CC2)cc1. The van der Waals surface area contributed by atoms with E-state index in [-0.39, 0.29) is 17.9 Å². The van der Waals surface area contributed by atoms with Crippen LogP contribution in [0.4, 0.5) is 5.69 Å². The smallest absolute Gasteiger partial charge is 0.251 e. The number of nitrogens with zero attached hydrogens (tertiary/aromatic N) is 1. The highest BCUT2D eigenvalue weighted by Crippen LogP contribution is 2.13. The Bertz CT molecular complexity index is 782. The molecule has 0 aromatic heterocycles. The van der Waals surface area contributed by atoms with Crippen LogP contribution in [0.5, 0.6) is 0 Å². The molecule has 1 aliphatic rings. The van der Waals surface area contributed by atoms with E-state index in [4.69, 9.17) is 0 Å². The van der Waals surface area contributed by atoms with Gasteiger partial charge in [-0.3, -0.25) is 14.5 Å². The highest BCUT2D eigenvalue weighted by molar-refractivity contribution is 5.94. The highest BCUT2D eigenvalue weighted by Gasteiger charge is 2.22. The van der Waals surface area contributed by atoms with Gasteiger partial charge < -0.3 is 10.6 Å². The lowest BCUT2D eigenvalue weighted by Crippen LogP contribution is -2.46. The number of benzene rings is 2. The molecule has 0 saturated carbocycles. The molecule has 0 aliphatic carbocycles. The van der Waals surface area contributed by atoms with Crippen LogP contribution in [-0.4, -0.2) is 42.4 Å².